The summed E-state index contributed by atoms with van der Waals surface area (Å²) in [6.07, 6.45) is 7.14. The van der Waals surface area contributed by atoms with E-state index in [0.717, 1.165) is 12.8 Å². The summed E-state index contributed by atoms with van der Waals surface area (Å²) in [6.45, 7) is 0. The van der Waals surface area contributed by atoms with Crippen molar-refractivity contribution in [1.29, 1.82) is 0 Å². The average Bonchev–Trinajstić information content (AvgIpc) is 3.18. The maximum absolute atomic E-state index is 3.92. The Morgan fingerprint density at radius 2 is 1.47 bits per heavy atom. The molecule has 5 rings (SSSR count). The van der Waals surface area contributed by atoms with Crippen molar-refractivity contribution in [3.8, 4) is 0 Å². The van der Waals surface area contributed by atoms with Crippen molar-refractivity contribution in [3.63, 3.8) is 0 Å². The minimum absolute atomic E-state index is 0.117. The molecule has 1 fully saturated rings. The van der Waals surface area contributed by atoms with Crippen LogP contribution in [0.2, 0.25) is 0 Å². The number of aromatic nitrogens is 1. The first-order chi connectivity index (χ1) is 15.7. The van der Waals surface area contributed by atoms with Crippen LogP contribution in [0.15, 0.2) is 84.9 Å². The average molecular weight is 423 g/mol. The second-order valence-electron chi connectivity index (χ2n) is 9.68. The van der Waals surface area contributed by atoms with Gasteiger partial charge in [0.1, 0.15) is 0 Å². The van der Waals surface area contributed by atoms with E-state index in [2.05, 4.69) is 109 Å². The van der Waals surface area contributed by atoms with Gasteiger partial charge in [-0.25, -0.2) is 0 Å². The Morgan fingerprint density at radius 3 is 2.19 bits per heavy atom. The maximum atomic E-state index is 3.92. The van der Waals surface area contributed by atoms with Crippen LogP contribution in [0, 0.1) is 0 Å². The Kier molecular flexibility index (Phi) is 5.89. The van der Waals surface area contributed by atoms with Crippen LogP contribution in [-0.4, -0.2) is 29.5 Å². The zero-order chi connectivity index (χ0) is 22.0. The largest absolute Gasteiger partial charge is 0.358 e. The predicted molar refractivity (Wildman–Crippen MR) is 135 cm³/mol. The summed E-state index contributed by atoms with van der Waals surface area (Å²) in [4.78, 5) is 6.45. The first kappa shape index (κ1) is 21.0. The fraction of sp³-hybridized carbons (Fsp3) is 0.333. The molecule has 0 bridgehead atoms. The molecule has 164 valence electrons. The molecule has 0 spiro atoms. The van der Waals surface area contributed by atoms with Gasteiger partial charge in [-0.15, -0.1) is 0 Å². The second kappa shape index (κ2) is 8.96. The summed E-state index contributed by atoms with van der Waals surface area (Å²) < 4.78 is 0. The first-order valence-corrected chi connectivity index (χ1v) is 12.0. The monoisotopic (exact) mass is 422 g/mol. The summed E-state index contributed by atoms with van der Waals surface area (Å²) in [5, 5.41) is 1.38. The number of likely N-dealkylation sites (N-methyl/N-ethyl adjacent to an activating group) is 1. The second-order valence-corrected chi connectivity index (χ2v) is 9.68. The summed E-state index contributed by atoms with van der Waals surface area (Å²) in [5.41, 5.74) is 7.15. The molecule has 2 heteroatoms. The van der Waals surface area contributed by atoms with Gasteiger partial charge in [-0.3, -0.25) is 0 Å². The van der Waals surface area contributed by atoms with Crippen LogP contribution in [0.3, 0.4) is 0 Å². The predicted octanol–water partition coefficient (Wildman–Crippen LogP) is 6.96. The van der Waals surface area contributed by atoms with Gasteiger partial charge in [0.05, 0.1) is 0 Å². The number of H-pyrrole nitrogens is 1. The minimum Gasteiger partial charge on any atom is -0.358 e. The molecule has 1 aliphatic rings. The van der Waals surface area contributed by atoms with E-state index in [1.165, 1.54) is 59.0 Å². The number of hydrogen-bond donors (Lipinski definition) is 1. The molecule has 2 atom stereocenters. The van der Waals surface area contributed by atoms with E-state index < -0.39 is 0 Å². The third-order valence-electron chi connectivity index (χ3n) is 7.66. The standard InChI is InChI=1S/C30H34N2/c1-32(2)30(22-24-15-7-4-8-16-24)20-12-11-18-27(30)29-26(21-23-13-5-3-6-14-23)25-17-9-10-19-28(25)31-29/h3-10,13-17,19,27,31H,11-12,18,20-22H2,1-2H3. The highest BCUT2D eigenvalue weighted by molar-refractivity contribution is 5.85. The van der Waals surface area contributed by atoms with Crippen molar-refractivity contribution in [2.45, 2.75) is 50.0 Å². The van der Waals surface area contributed by atoms with Gasteiger partial charge in [0.25, 0.3) is 0 Å². The van der Waals surface area contributed by atoms with Gasteiger partial charge in [-0.2, -0.15) is 0 Å². The molecule has 2 nitrogen and oxygen atoms in total. The maximum Gasteiger partial charge on any atom is 0.0459 e. The Balaban J connectivity index is 1.64. The molecule has 0 aliphatic heterocycles. The van der Waals surface area contributed by atoms with Gasteiger partial charge in [0.2, 0.25) is 0 Å². The fourth-order valence-corrected chi connectivity index (χ4v) is 6.00. The van der Waals surface area contributed by atoms with Crippen molar-refractivity contribution >= 4 is 10.9 Å². The van der Waals surface area contributed by atoms with Crippen molar-refractivity contribution in [2.24, 2.45) is 0 Å². The zero-order valence-electron chi connectivity index (χ0n) is 19.4. The van der Waals surface area contributed by atoms with E-state index in [1.54, 1.807) is 0 Å². The number of benzene rings is 3. The van der Waals surface area contributed by atoms with Crippen LogP contribution < -0.4 is 0 Å². The van der Waals surface area contributed by atoms with Crippen LogP contribution in [0.25, 0.3) is 10.9 Å². The number of fused-ring (bicyclic) bond motifs is 1. The van der Waals surface area contributed by atoms with Gasteiger partial charge in [-0.05, 0) is 62.5 Å². The molecule has 1 aromatic heterocycles. The molecule has 4 aromatic rings. The van der Waals surface area contributed by atoms with Gasteiger partial charge in [-0.1, -0.05) is 91.7 Å². The number of para-hydroxylation sites is 1. The SMILES string of the molecule is CN(C)C1(Cc2ccccc2)CCCCC1c1[nH]c2ccccc2c1Cc1ccccc1. The van der Waals surface area contributed by atoms with E-state index in [1.807, 2.05) is 0 Å². The Labute approximate surface area is 192 Å². The van der Waals surface area contributed by atoms with Gasteiger partial charge in [0.15, 0.2) is 0 Å². The molecule has 2 unspecified atom stereocenters. The number of nitrogens with one attached hydrogen (secondary N) is 1. The fourth-order valence-electron chi connectivity index (χ4n) is 6.00. The van der Waals surface area contributed by atoms with Crippen molar-refractivity contribution < 1.29 is 0 Å². The molecule has 0 saturated heterocycles. The van der Waals surface area contributed by atoms with Crippen molar-refractivity contribution in [3.05, 3.63) is 107 Å². The lowest BCUT2D eigenvalue weighted by molar-refractivity contribution is 0.0728. The van der Waals surface area contributed by atoms with Gasteiger partial charge in [0, 0.05) is 28.1 Å². The number of rotatable bonds is 6. The molecule has 32 heavy (non-hydrogen) atoms. The van der Waals surface area contributed by atoms with E-state index in [4.69, 9.17) is 0 Å². The lowest BCUT2D eigenvalue weighted by atomic mass is 9.66. The molecule has 1 N–H and O–H groups in total. The molecular formula is C30H34N2. The smallest absolute Gasteiger partial charge is 0.0459 e. The van der Waals surface area contributed by atoms with Crippen molar-refractivity contribution in [2.75, 3.05) is 14.1 Å². The Hall–Kier alpha value is -2.84. The summed E-state index contributed by atoms with van der Waals surface area (Å²) in [6, 6.07) is 30.9. The topological polar surface area (TPSA) is 19.0 Å². The third kappa shape index (κ3) is 3.89. The highest BCUT2D eigenvalue weighted by atomic mass is 15.2. The number of hydrogen-bond acceptors (Lipinski definition) is 1. The van der Waals surface area contributed by atoms with Crippen LogP contribution in [-0.2, 0) is 12.8 Å². The van der Waals surface area contributed by atoms with Crippen LogP contribution in [0.5, 0.6) is 0 Å². The lowest BCUT2D eigenvalue weighted by Crippen LogP contribution is -2.53. The summed E-state index contributed by atoms with van der Waals surface area (Å²) in [7, 11) is 4.58. The van der Waals surface area contributed by atoms with E-state index >= 15 is 0 Å². The zero-order valence-corrected chi connectivity index (χ0v) is 19.4. The van der Waals surface area contributed by atoms with E-state index in [-0.39, 0.29) is 5.54 Å². The van der Waals surface area contributed by atoms with Gasteiger partial charge < -0.3 is 9.88 Å². The molecule has 0 radical (unpaired) electrons. The molecule has 0 amide bonds. The molecule has 1 aliphatic carbocycles. The quantitative estimate of drug-likeness (QED) is 0.356. The highest BCUT2D eigenvalue weighted by Gasteiger charge is 2.45. The Morgan fingerprint density at radius 1 is 0.812 bits per heavy atom. The number of aromatic amines is 1. The minimum atomic E-state index is 0.117. The summed E-state index contributed by atoms with van der Waals surface area (Å²) >= 11 is 0. The van der Waals surface area contributed by atoms with Crippen molar-refractivity contribution in [1.82, 2.24) is 9.88 Å². The molecule has 3 aromatic carbocycles. The van der Waals surface area contributed by atoms with Crippen LogP contribution in [0.4, 0.5) is 0 Å². The number of nitrogens with zero attached hydrogens (tertiary/aromatic N) is 1. The molecule has 1 saturated carbocycles. The third-order valence-corrected chi connectivity index (χ3v) is 7.66. The van der Waals surface area contributed by atoms with E-state index in [0.29, 0.717) is 5.92 Å². The highest BCUT2D eigenvalue weighted by Crippen LogP contribution is 2.47. The first-order valence-electron chi connectivity index (χ1n) is 12.0. The normalized spacial score (nSPS) is 21.3. The Bertz CT molecular complexity index is 1160. The van der Waals surface area contributed by atoms with Crippen LogP contribution >= 0.6 is 0 Å². The van der Waals surface area contributed by atoms with Gasteiger partial charge >= 0.3 is 0 Å². The molecule has 1 heterocycles. The lowest BCUT2D eigenvalue weighted by Gasteiger charge is -2.49. The van der Waals surface area contributed by atoms with E-state index in [9.17, 15) is 0 Å². The van der Waals surface area contributed by atoms with Crippen LogP contribution in [0.1, 0.15) is 54.0 Å². The summed E-state index contributed by atoms with van der Waals surface area (Å²) in [5.74, 6) is 0.484. The molecular weight excluding hydrogens is 388 g/mol.